The summed E-state index contributed by atoms with van der Waals surface area (Å²) in [5.74, 6) is -0.403. The maximum Gasteiger partial charge on any atom is 0.416 e. The van der Waals surface area contributed by atoms with Crippen molar-refractivity contribution in [3.8, 4) is 0 Å². The zero-order valence-corrected chi connectivity index (χ0v) is 19.0. The summed E-state index contributed by atoms with van der Waals surface area (Å²) in [6.45, 7) is -0.179. The number of nitrogens with zero attached hydrogens (tertiary/aromatic N) is 2. The van der Waals surface area contributed by atoms with E-state index in [4.69, 9.17) is 9.88 Å². The van der Waals surface area contributed by atoms with E-state index in [-0.39, 0.29) is 28.5 Å². The molecule has 1 aromatic heterocycles. The Morgan fingerprint density at radius 3 is 2.40 bits per heavy atom. The van der Waals surface area contributed by atoms with E-state index in [2.05, 4.69) is 10.3 Å². The smallest absolute Gasteiger partial charge is 0.416 e. The van der Waals surface area contributed by atoms with Crippen molar-refractivity contribution in [2.24, 2.45) is 5.14 Å². The molecule has 0 saturated heterocycles. The van der Waals surface area contributed by atoms with Crippen LogP contribution >= 0.6 is 0 Å². The molecule has 0 fully saturated rings. The van der Waals surface area contributed by atoms with E-state index in [1.54, 1.807) is 6.07 Å². The molecule has 0 aliphatic carbocycles. The van der Waals surface area contributed by atoms with Crippen LogP contribution in [-0.4, -0.2) is 31.0 Å². The Bertz CT molecular complexity index is 1510. The lowest BCUT2D eigenvalue weighted by molar-refractivity contribution is -0.138. The van der Waals surface area contributed by atoms with Gasteiger partial charge in [-0.3, -0.25) is 0 Å². The molecule has 4 rings (SSSR count). The van der Waals surface area contributed by atoms with Gasteiger partial charge in [0.1, 0.15) is 0 Å². The van der Waals surface area contributed by atoms with Crippen LogP contribution in [0.3, 0.4) is 0 Å². The first-order chi connectivity index (χ1) is 16.5. The number of carbonyl (C=O) groups is 1. The Morgan fingerprint density at radius 2 is 1.77 bits per heavy atom. The molecular weight excluding hydrogens is 485 g/mol. The third-order valence-corrected chi connectivity index (χ3v) is 6.19. The molecule has 0 amide bonds. The van der Waals surface area contributed by atoms with Crippen molar-refractivity contribution in [3.05, 3.63) is 83.4 Å². The molecule has 12 heteroatoms. The van der Waals surface area contributed by atoms with E-state index in [1.165, 1.54) is 66.3 Å². The number of primary sulfonamides is 1. The number of carbonyl (C=O) groups excluding carboxylic acids is 1. The Hall–Kier alpha value is -3.90. The number of benzene rings is 3. The number of nitrogens with two attached hydrogens (primary N) is 1. The number of ether oxygens (including phenoxy) is 1. The van der Waals surface area contributed by atoms with Gasteiger partial charge in [-0.2, -0.15) is 13.2 Å². The van der Waals surface area contributed by atoms with Crippen LogP contribution in [0.2, 0.25) is 0 Å². The lowest BCUT2D eigenvalue weighted by atomic mass is 10.1. The van der Waals surface area contributed by atoms with Crippen molar-refractivity contribution in [1.29, 1.82) is 0 Å². The van der Waals surface area contributed by atoms with Crippen LogP contribution < -0.4 is 10.5 Å². The van der Waals surface area contributed by atoms with E-state index in [1.807, 2.05) is 0 Å². The van der Waals surface area contributed by atoms with Gasteiger partial charge in [-0.15, -0.1) is 0 Å². The number of nitrogens with one attached hydrogen (secondary N) is 1. The van der Waals surface area contributed by atoms with Gasteiger partial charge < -0.3 is 14.6 Å². The van der Waals surface area contributed by atoms with Crippen LogP contribution in [0.25, 0.3) is 11.0 Å². The number of sulfonamides is 1. The normalized spacial score (nSPS) is 12.0. The number of hydrogen-bond donors (Lipinski definition) is 2. The highest BCUT2D eigenvalue weighted by Crippen LogP contribution is 2.34. The van der Waals surface area contributed by atoms with Crippen LogP contribution in [0.1, 0.15) is 21.5 Å². The fourth-order valence-electron chi connectivity index (χ4n) is 3.59. The summed E-state index contributed by atoms with van der Waals surface area (Å²) in [7, 11) is -2.66. The number of alkyl halides is 3. The van der Waals surface area contributed by atoms with Crippen molar-refractivity contribution in [1.82, 2.24) is 9.55 Å². The molecule has 3 N–H and O–H groups in total. The lowest BCUT2D eigenvalue weighted by Crippen LogP contribution is -2.13. The SMILES string of the molecule is COC(=O)c1ccc2c(c1)nc(Nc1ccc(S(N)(=O)=O)cc1)n2Cc1ccccc1C(F)(F)F. The summed E-state index contributed by atoms with van der Waals surface area (Å²) in [6.07, 6.45) is -4.55. The zero-order valence-electron chi connectivity index (χ0n) is 18.2. The zero-order chi connectivity index (χ0) is 25.4. The predicted octanol–water partition coefficient (Wildman–Crippen LogP) is 4.28. The van der Waals surface area contributed by atoms with Crippen molar-refractivity contribution in [2.45, 2.75) is 17.6 Å². The Kier molecular flexibility index (Phi) is 6.26. The van der Waals surface area contributed by atoms with Gasteiger partial charge in [-0.05, 0) is 54.1 Å². The first kappa shape index (κ1) is 24.2. The molecule has 1 heterocycles. The van der Waals surface area contributed by atoms with Gasteiger partial charge in [0.2, 0.25) is 16.0 Å². The first-order valence-electron chi connectivity index (χ1n) is 10.1. The van der Waals surface area contributed by atoms with Gasteiger partial charge in [0, 0.05) is 5.69 Å². The summed E-state index contributed by atoms with van der Waals surface area (Å²) in [5.41, 5.74) is 0.704. The minimum Gasteiger partial charge on any atom is -0.465 e. The highest BCUT2D eigenvalue weighted by atomic mass is 32.2. The van der Waals surface area contributed by atoms with Crippen molar-refractivity contribution in [2.75, 3.05) is 12.4 Å². The average molecular weight is 504 g/mol. The second kappa shape index (κ2) is 9.04. The first-order valence-corrected chi connectivity index (χ1v) is 11.7. The number of aromatic nitrogens is 2. The molecule has 182 valence electrons. The fourth-order valence-corrected chi connectivity index (χ4v) is 4.11. The number of esters is 1. The summed E-state index contributed by atoms with van der Waals surface area (Å²) in [6, 6.07) is 15.2. The van der Waals surface area contributed by atoms with Crippen LogP contribution in [-0.2, 0) is 27.5 Å². The highest BCUT2D eigenvalue weighted by Gasteiger charge is 2.33. The van der Waals surface area contributed by atoms with Crippen LogP contribution in [0.4, 0.5) is 24.8 Å². The fraction of sp³-hybridized carbons (Fsp3) is 0.130. The predicted molar refractivity (Wildman–Crippen MR) is 123 cm³/mol. The topological polar surface area (TPSA) is 116 Å². The van der Waals surface area contributed by atoms with Crippen molar-refractivity contribution in [3.63, 3.8) is 0 Å². The van der Waals surface area contributed by atoms with Gasteiger partial charge in [0.25, 0.3) is 0 Å². The molecule has 0 saturated carbocycles. The second-order valence-corrected chi connectivity index (χ2v) is 9.13. The number of imidazole rings is 1. The number of rotatable bonds is 6. The van der Waals surface area contributed by atoms with Crippen molar-refractivity contribution < 1.29 is 31.1 Å². The molecular formula is C23H19F3N4O4S. The number of methoxy groups -OCH3 is 1. The quantitative estimate of drug-likeness (QED) is 0.379. The van der Waals surface area contributed by atoms with Gasteiger partial charge >= 0.3 is 12.1 Å². The van der Waals surface area contributed by atoms with Gasteiger partial charge in [-0.1, -0.05) is 18.2 Å². The Labute approximate surface area is 198 Å². The highest BCUT2D eigenvalue weighted by molar-refractivity contribution is 7.89. The molecule has 0 aliphatic heterocycles. The van der Waals surface area contributed by atoms with E-state index in [9.17, 15) is 26.4 Å². The number of anilines is 2. The molecule has 3 aromatic carbocycles. The summed E-state index contributed by atoms with van der Waals surface area (Å²) in [4.78, 5) is 16.3. The summed E-state index contributed by atoms with van der Waals surface area (Å²) >= 11 is 0. The van der Waals surface area contributed by atoms with Gasteiger partial charge in [0.05, 0.1) is 40.7 Å². The third-order valence-electron chi connectivity index (χ3n) is 5.26. The van der Waals surface area contributed by atoms with Gasteiger partial charge in [-0.25, -0.2) is 23.3 Å². The molecule has 0 atom stereocenters. The lowest BCUT2D eigenvalue weighted by Gasteiger charge is -2.16. The largest absolute Gasteiger partial charge is 0.465 e. The molecule has 35 heavy (non-hydrogen) atoms. The second-order valence-electron chi connectivity index (χ2n) is 7.57. The number of halogens is 3. The summed E-state index contributed by atoms with van der Waals surface area (Å²) < 4.78 is 70.1. The van der Waals surface area contributed by atoms with Crippen LogP contribution in [0, 0.1) is 0 Å². The third kappa shape index (κ3) is 5.12. The Morgan fingerprint density at radius 1 is 1.09 bits per heavy atom. The van der Waals surface area contributed by atoms with E-state index in [0.717, 1.165) is 6.07 Å². The molecule has 0 aliphatic rings. The monoisotopic (exact) mass is 504 g/mol. The van der Waals surface area contributed by atoms with Gasteiger partial charge in [0.15, 0.2) is 0 Å². The maximum absolute atomic E-state index is 13.6. The summed E-state index contributed by atoms with van der Waals surface area (Å²) in [5, 5.41) is 8.13. The number of fused-ring (bicyclic) bond motifs is 1. The molecule has 0 radical (unpaired) electrons. The molecule has 4 aromatic rings. The molecule has 0 unspecified atom stereocenters. The Balaban J connectivity index is 1.82. The average Bonchev–Trinajstić information content (AvgIpc) is 3.14. The minimum absolute atomic E-state index is 0.0176. The maximum atomic E-state index is 13.6. The van der Waals surface area contributed by atoms with E-state index < -0.39 is 27.7 Å². The standard InChI is InChI=1S/C23H19F3N4O4S/c1-34-21(31)14-6-11-20-19(12-14)29-22(28-16-7-9-17(10-8-16)35(27,32)33)30(20)13-15-4-2-3-5-18(15)23(24,25)26/h2-12H,13H2,1H3,(H,28,29)(H2,27,32,33). The number of hydrogen-bond acceptors (Lipinski definition) is 6. The molecule has 0 bridgehead atoms. The molecule has 0 spiro atoms. The van der Waals surface area contributed by atoms with E-state index in [0.29, 0.717) is 16.7 Å². The molecule has 8 nitrogen and oxygen atoms in total. The van der Waals surface area contributed by atoms with E-state index >= 15 is 0 Å². The van der Waals surface area contributed by atoms with Crippen molar-refractivity contribution >= 4 is 38.7 Å². The minimum atomic E-state index is -4.55. The van der Waals surface area contributed by atoms with Crippen LogP contribution in [0.15, 0.2) is 71.6 Å². The van der Waals surface area contributed by atoms with Crippen LogP contribution in [0.5, 0.6) is 0 Å².